The van der Waals surface area contributed by atoms with E-state index in [9.17, 15) is 0 Å². The van der Waals surface area contributed by atoms with Gasteiger partial charge in [-0.1, -0.05) is 30.7 Å². The van der Waals surface area contributed by atoms with Crippen LogP contribution in [0.25, 0.3) is 0 Å². The zero-order chi connectivity index (χ0) is 14.1. The molecule has 0 spiro atoms. The van der Waals surface area contributed by atoms with Crippen molar-refractivity contribution in [1.82, 2.24) is 9.97 Å². The summed E-state index contributed by atoms with van der Waals surface area (Å²) in [4.78, 5) is 8.85. The van der Waals surface area contributed by atoms with Gasteiger partial charge in [-0.25, -0.2) is 4.98 Å². The largest absolute Gasteiger partial charge is 0.439 e. The quantitative estimate of drug-likeness (QED) is 0.767. The van der Waals surface area contributed by atoms with Crippen LogP contribution in [0.1, 0.15) is 42.6 Å². The average Bonchev–Trinajstić information content (AvgIpc) is 3.29. The predicted molar refractivity (Wildman–Crippen MR) is 79.6 cm³/mol. The number of hydrogen-bond donors (Lipinski definition) is 0. The van der Waals surface area contributed by atoms with Gasteiger partial charge < -0.3 is 4.74 Å². The van der Waals surface area contributed by atoms with Gasteiger partial charge >= 0.3 is 0 Å². The van der Waals surface area contributed by atoms with Gasteiger partial charge in [0, 0.05) is 11.5 Å². The summed E-state index contributed by atoms with van der Waals surface area (Å²) in [5.74, 6) is 2.61. The van der Waals surface area contributed by atoms with Gasteiger partial charge in [-0.15, -0.1) is 0 Å². The van der Waals surface area contributed by atoms with Crippen molar-refractivity contribution in [2.24, 2.45) is 0 Å². The smallest absolute Gasteiger partial charge is 0.226 e. The topological polar surface area (TPSA) is 35.0 Å². The molecule has 0 atom stereocenters. The summed E-state index contributed by atoms with van der Waals surface area (Å²) in [6.45, 7) is 4.01. The van der Waals surface area contributed by atoms with Crippen LogP contribution >= 0.6 is 11.6 Å². The van der Waals surface area contributed by atoms with Crippen LogP contribution in [0.4, 0.5) is 0 Å². The Balaban J connectivity index is 1.88. The summed E-state index contributed by atoms with van der Waals surface area (Å²) in [6.07, 6.45) is 3.30. The molecule has 1 fully saturated rings. The molecule has 1 aliphatic rings. The second-order valence-electron chi connectivity index (χ2n) is 5.18. The molecule has 2 aromatic rings. The van der Waals surface area contributed by atoms with Crippen molar-refractivity contribution in [3.63, 3.8) is 0 Å². The van der Waals surface area contributed by atoms with Crippen LogP contribution in [0.2, 0.25) is 5.15 Å². The van der Waals surface area contributed by atoms with E-state index < -0.39 is 0 Å². The Morgan fingerprint density at radius 2 is 1.90 bits per heavy atom. The molecular formula is C16H17ClN2O. The first-order valence-electron chi connectivity index (χ1n) is 6.98. The van der Waals surface area contributed by atoms with Crippen molar-refractivity contribution in [3.05, 3.63) is 46.4 Å². The Labute approximate surface area is 124 Å². The zero-order valence-electron chi connectivity index (χ0n) is 11.7. The van der Waals surface area contributed by atoms with Gasteiger partial charge in [0.15, 0.2) is 0 Å². The SMILES string of the molecule is CCc1ccc(Oc2nc(C3CC3)nc(Cl)c2C)cc1. The third kappa shape index (κ3) is 2.78. The summed E-state index contributed by atoms with van der Waals surface area (Å²) in [5.41, 5.74) is 2.07. The summed E-state index contributed by atoms with van der Waals surface area (Å²) in [6, 6.07) is 8.06. The number of halogens is 1. The van der Waals surface area contributed by atoms with Gasteiger partial charge in [-0.05, 0) is 43.9 Å². The van der Waals surface area contributed by atoms with E-state index in [-0.39, 0.29) is 0 Å². The first kappa shape index (κ1) is 13.4. The van der Waals surface area contributed by atoms with Gasteiger partial charge in [0.25, 0.3) is 0 Å². The molecule has 1 aromatic heterocycles. The van der Waals surface area contributed by atoms with E-state index in [0.29, 0.717) is 17.0 Å². The van der Waals surface area contributed by atoms with E-state index in [1.165, 1.54) is 5.56 Å². The maximum absolute atomic E-state index is 6.17. The Hall–Kier alpha value is -1.61. The van der Waals surface area contributed by atoms with E-state index in [2.05, 4.69) is 29.0 Å². The monoisotopic (exact) mass is 288 g/mol. The molecule has 1 saturated carbocycles. The molecule has 4 heteroatoms. The van der Waals surface area contributed by atoms with Crippen LogP contribution in [0.3, 0.4) is 0 Å². The molecule has 0 bridgehead atoms. The lowest BCUT2D eigenvalue weighted by Crippen LogP contribution is -2.00. The normalized spacial score (nSPS) is 14.3. The standard InChI is InChI=1S/C16H17ClN2O/c1-3-11-4-8-13(9-5-11)20-16-10(2)14(17)18-15(19-16)12-6-7-12/h4-5,8-9,12H,3,6-7H2,1-2H3. The van der Waals surface area contributed by atoms with Crippen molar-refractivity contribution in [2.75, 3.05) is 0 Å². The maximum atomic E-state index is 6.17. The molecule has 0 unspecified atom stereocenters. The molecule has 0 radical (unpaired) electrons. The molecule has 0 aliphatic heterocycles. The molecule has 3 rings (SSSR count). The third-order valence-corrected chi connectivity index (χ3v) is 3.92. The van der Waals surface area contributed by atoms with E-state index in [4.69, 9.17) is 16.3 Å². The number of hydrogen-bond acceptors (Lipinski definition) is 3. The number of benzene rings is 1. The van der Waals surface area contributed by atoms with E-state index >= 15 is 0 Å². The Morgan fingerprint density at radius 1 is 1.20 bits per heavy atom. The summed E-state index contributed by atoms with van der Waals surface area (Å²) >= 11 is 6.17. The molecule has 1 aromatic carbocycles. The van der Waals surface area contributed by atoms with Crippen LogP contribution in [0.5, 0.6) is 11.6 Å². The molecule has 1 aliphatic carbocycles. The molecule has 104 valence electrons. The molecule has 0 amide bonds. The fourth-order valence-electron chi connectivity index (χ4n) is 2.01. The van der Waals surface area contributed by atoms with Gasteiger partial charge in [0.05, 0.1) is 0 Å². The minimum Gasteiger partial charge on any atom is -0.439 e. The lowest BCUT2D eigenvalue weighted by Gasteiger charge is -2.10. The Morgan fingerprint density at radius 3 is 2.50 bits per heavy atom. The second-order valence-corrected chi connectivity index (χ2v) is 5.53. The molecule has 0 saturated heterocycles. The number of rotatable bonds is 4. The lowest BCUT2D eigenvalue weighted by molar-refractivity contribution is 0.454. The van der Waals surface area contributed by atoms with Crippen LogP contribution in [0.15, 0.2) is 24.3 Å². The highest BCUT2D eigenvalue weighted by Crippen LogP contribution is 2.40. The average molecular weight is 289 g/mol. The Kier molecular flexibility index (Phi) is 3.62. The highest BCUT2D eigenvalue weighted by atomic mass is 35.5. The second kappa shape index (κ2) is 5.41. The summed E-state index contributed by atoms with van der Waals surface area (Å²) in [5, 5.41) is 0.488. The molecule has 3 nitrogen and oxygen atoms in total. The highest BCUT2D eigenvalue weighted by molar-refractivity contribution is 6.30. The van der Waals surface area contributed by atoms with Crippen LogP contribution in [-0.2, 0) is 6.42 Å². The Bertz CT molecular complexity index is 621. The number of nitrogens with zero attached hydrogens (tertiary/aromatic N) is 2. The van der Waals surface area contributed by atoms with Crippen molar-refractivity contribution < 1.29 is 4.74 Å². The van der Waals surface area contributed by atoms with Crippen LogP contribution < -0.4 is 4.74 Å². The first-order chi connectivity index (χ1) is 9.67. The summed E-state index contributed by atoms with van der Waals surface area (Å²) < 4.78 is 5.87. The first-order valence-corrected chi connectivity index (χ1v) is 7.36. The van der Waals surface area contributed by atoms with Gasteiger partial charge in [-0.2, -0.15) is 4.98 Å². The fraction of sp³-hybridized carbons (Fsp3) is 0.375. The predicted octanol–water partition coefficient (Wildman–Crippen LogP) is 4.67. The fourth-order valence-corrected chi connectivity index (χ4v) is 2.18. The highest BCUT2D eigenvalue weighted by Gasteiger charge is 2.28. The van der Waals surface area contributed by atoms with Gasteiger partial charge in [-0.3, -0.25) is 0 Å². The van der Waals surface area contributed by atoms with Crippen LogP contribution in [-0.4, -0.2) is 9.97 Å². The van der Waals surface area contributed by atoms with Crippen LogP contribution in [0, 0.1) is 6.92 Å². The zero-order valence-corrected chi connectivity index (χ0v) is 12.4. The van der Waals surface area contributed by atoms with Crippen molar-refractivity contribution >= 4 is 11.6 Å². The van der Waals surface area contributed by atoms with Crippen molar-refractivity contribution in [2.45, 2.75) is 39.0 Å². The van der Waals surface area contributed by atoms with Crippen molar-refractivity contribution in [3.8, 4) is 11.6 Å². The van der Waals surface area contributed by atoms with Gasteiger partial charge in [0.2, 0.25) is 5.88 Å². The maximum Gasteiger partial charge on any atom is 0.226 e. The molecular weight excluding hydrogens is 272 g/mol. The van der Waals surface area contributed by atoms with Gasteiger partial charge in [0.1, 0.15) is 16.7 Å². The molecule has 1 heterocycles. The number of aryl methyl sites for hydroxylation is 1. The minimum absolute atomic E-state index is 0.456. The van der Waals surface area contributed by atoms with E-state index in [1.807, 2.05) is 19.1 Å². The van der Waals surface area contributed by atoms with E-state index in [1.54, 1.807) is 0 Å². The third-order valence-electron chi connectivity index (χ3n) is 3.55. The number of ether oxygens (including phenoxy) is 1. The summed E-state index contributed by atoms with van der Waals surface area (Å²) in [7, 11) is 0. The lowest BCUT2D eigenvalue weighted by atomic mass is 10.2. The molecule has 20 heavy (non-hydrogen) atoms. The minimum atomic E-state index is 0.456. The van der Waals surface area contributed by atoms with Crippen molar-refractivity contribution in [1.29, 1.82) is 0 Å². The van der Waals surface area contributed by atoms with E-state index in [0.717, 1.165) is 36.4 Å². The number of aromatic nitrogens is 2. The molecule has 0 N–H and O–H groups in total.